The van der Waals surface area contributed by atoms with E-state index < -0.39 is 19.8 Å². The van der Waals surface area contributed by atoms with Crippen LogP contribution in [0.2, 0.25) is 18.1 Å². The summed E-state index contributed by atoms with van der Waals surface area (Å²) in [6.45, 7) is 19.0. The number of Topliss-reactive ketones (excluding diaryl/α,β-unsaturated/α-hetero) is 1. The summed E-state index contributed by atoms with van der Waals surface area (Å²) in [7, 11) is -0.203. The lowest BCUT2D eigenvalue weighted by Gasteiger charge is -2.51. The zero-order valence-corrected chi connectivity index (χ0v) is 19.8. The van der Waals surface area contributed by atoms with Gasteiger partial charge in [0, 0.05) is 25.0 Å². The van der Waals surface area contributed by atoms with Crippen LogP contribution in [-0.4, -0.2) is 40.7 Å². The van der Waals surface area contributed by atoms with Crippen LogP contribution in [0.4, 0.5) is 0 Å². The molecule has 0 spiro atoms. The van der Waals surface area contributed by atoms with Crippen molar-refractivity contribution in [1.29, 1.82) is 0 Å². The van der Waals surface area contributed by atoms with Crippen LogP contribution in [0.3, 0.4) is 0 Å². The van der Waals surface area contributed by atoms with Crippen molar-refractivity contribution in [3.05, 3.63) is 12.2 Å². The average molecular weight is 397 g/mol. The molecule has 0 aliphatic heterocycles. The van der Waals surface area contributed by atoms with E-state index in [0.717, 1.165) is 13.0 Å². The second-order valence-electron chi connectivity index (χ2n) is 10.6. The molecule has 0 amide bonds. The van der Waals surface area contributed by atoms with Gasteiger partial charge < -0.3 is 13.9 Å². The van der Waals surface area contributed by atoms with Crippen LogP contribution in [0.5, 0.6) is 0 Å². The van der Waals surface area contributed by atoms with Crippen LogP contribution in [0.15, 0.2) is 12.2 Å². The summed E-state index contributed by atoms with van der Waals surface area (Å²) in [6.07, 6.45) is 4.82. The minimum Gasteiger partial charge on any atom is -0.417 e. The highest BCUT2D eigenvalue weighted by molar-refractivity contribution is 6.74. The maximum Gasteiger partial charge on any atom is 0.191 e. The molecule has 0 aromatic carbocycles. The quantitative estimate of drug-likeness (QED) is 0.327. The van der Waals surface area contributed by atoms with Gasteiger partial charge in [-0.1, -0.05) is 46.8 Å². The van der Waals surface area contributed by atoms with E-state index in [-0.39, 0.29) is 23.5 Å². The minimum atomic E-state index is -1.80. The van der Waals surface area contributed by atoms with Gasteiger partial charge in [-0.25, -0.2) is 0 Å². The molecule has 3 aliphatic rings. The van der Waals surface area contributed by atoms with Crippen LogP contribution >= 0.6 is 0 Å². The summed E-state index contributed by atoms with van der Waals surface area (Å²) < 4.78 is 17.6. The van der Waals surface area contributed by atoms with Gasteiger partial charge in [0.25, 0.3) is 0 Å². The average Bonchev–Trinajstić information content (AvgIpc) is 2.54. The van der Waals surface area contributed by atoms with Crippen LogP contribution in [-0.2, 0) is 18.7 Å². The zero-order valence-electron chi connectivity index (χ0n) is 18.8. The molecule has 0 heterocycles. The molecule has 0 unspecified atom stereocenters. The van der Waals surface area contributed by atoms with Gasteiger partial charge in [-0.15, -0.1) is 0 Å². The van der Waals surface area contributed by atoms with Gasteiger partial charge >= 0.3 is 0 Å². The van der Waals surface area contributed by atoms with Crippen molar-refractivity contribution >= 4 is 14.1 Å². The Kier molecular flexibility index (Phi) is 6.83. The lowest BCUT2D eigenvalue weighted by molar-refractivity contribution is -0.166. The van der Waals surface area contributed by atoms with Gasteiger partial charge in [0.15, 0.2) is 14.1 Å². The molecule has 27 heavy (non-hydrogen) atoms. The van der Waals surface area contributed by atoms with Crippen molar-refractivity contribution in [3.63, 3.8) is 0 Å². The zero-order chi connectivity index (χ0) is 20.6. The number of methoxy groups -OCH3 is 1. The summed E-state index contributed by atoms with van der Waals surface area (Å²) in [5.41, 5.74) is -0.429. The predicted octanol–water partition coefficient (Wildman–Crippen LogP) is 5.05. The Labute approximate surface area is 167 Å². The lowest BCUT2D eigenvalue weighted by atomic mass is 9.55. The number of hydrogen-bond acceptors (Lipinski definition) is 4. The molecule has 0 saturated heterocycles. The summed E-state index contributed by atoms with van der Waals surface area (Å²) >= 11 is 0. The van der Waals surface area contributed by atoms with E-state index in [2.05, 4.69) is 66.8 Å². The van der Waals surface area contributed by atoms with Crippen LogP contribution in [0.25, 0.3) is 0 Å². The second kappa shape index (κ2) is 8.09. The third-order valence-corrected chi connectivity index (χ3v) is 11.7. The highest BCUT2D eigenvalue weighted by atomic mass is 28.4. The van der Waals surface area contributed by atoms with Gasteiger partial charge in [-0.2, -0.15) is 0 Å². The molecular formula is C22H40O4Si. The molecular weight excluding hydrogens is 356 g/mol. The van der Waals surface area contributed by atoms with E-state index in [1.165, 1.54) is 0 Å². The predicted molar refractivity (Wildman–Crippen MR) is 112 cm³/mol. The molecule has 3 aliphatic carbocycles. The summed E-state index contributed by atoms with van der Waals surface area (Å²) in [5.74, 6) is 1.62. The maximum atomic E-state index is 12.9. The smallest absolute Gasteiger partial charge is 0.191 e. The maximum absolute atomic E-state index is 12.9. The second-order valence-corrected chi connectivity index (χ2v) is 15.4. The normalized spacial score (nSPS) is 32.4. The van der Waals surface area contributed by atoms with E-state index >= 15 is 0 Å². The Bertz CT molecular complexity index is 563. The molecule has 2 bridgehead atoms. The number of ketones is 1. The number of ether oxygens (including phenoxy) is 2. The monoisotopic (exact) mass is 396 g/mol. The molecule has 4 nitrogen and oxygen atoms in total. The van der Waals surface area contributed by atoms with Crippen molar-refractivity contribution in [1.82, 2.24) is 0 Å². The fraction of sp³-hybridized carbons (Fsp3) is 0.864. The van der Waals surface area contributed by atoms with Gasteiger partial charge in [-0.05, 0) is 49.2 Å². The fourth-order valence-electron chi connectivity index (χ4n) is 4.26. The Morgan fingerprint density at radius 3 is 2.44 bits per heavy atom. The molecule has 156 valence electrons. The number of carbonyl (C=O) groups excluding carboxylic acids is 1. The third-order valence-electron chi connectivity index (χ3n) is 7.23. The van der Waals surface area contributed by atoms with E-state index in [4.69, 9.17) is 13.9 Å². The molecule has 0 aromatic rings. The first kappa shape index (κ1) is 22.8. The number of fused-ring (bicyclic) bond motifs is 2. The topological polar surface area (TPSA) is 44.8 Å². The van der Waals surface area contributed by atoms with Crippen molar-refractivity contribution in [3.8, 4) is 0 Å². The SMILES string of the molecule is COCO[C@H]1C(=O)[C@@]2(C)C=C[C@H]1[C@@H]([C@H](CO[Si](C)(C)C(C)(C)C)C(C)C)C2. The molecule has 1 saturated carbocycles. The first-order valence-corrected chi connectivity index (χ1v) is 13.2. The minimum absolute atomic E-state index is 0.116. The fourth-order valence-corrected chi connectivity index (χ4v) is 5.31. The van der Waals surface area contributed by atoms with Crippen molar-refractivity contribution in [2.75, 3.05) is 20.5 Å². The van der Waals surface area contributed by atoms with Crippen molar-refractivity contribution in [2.45, 2.75) is 72.2 Å². The van der Waals surface area contributed by atoms with Gasteiger partial charge in [-0.3, -0.25) is 4.79 Å². The van der Waals surface area contributed by atoms with Crippen LogP contribution < -0.4 is 0 Å². The van der Waals surface area contributed by atoms with Gasteiger partial charge in [0.05, 0.1) is 0 Å². The van der Waals surface area contributed by atoms with Crippen molar-refractivity contribution < 1.29 is 18.7 Å². The Hall–Kier alpha value is -0.493. The van der Waals surface area contributed by atoms with Crippen LogP contribution in [0, 0.1) is 29.1 Å². The number of allylic oxidation sites excluding steroid dienone is 1. The Morgan fingerprint density at radius 2 is 1.93 bits per heavy atom. The van der Waals surface area contributed by atoms with Gasteiger partial charge in [0.1, 0.15) is 12.9 Å². The number of hydrogen-bond donors (Lipinski definition) is 0. The summed E-state index contributed by atoms with van der Waals surface area (Å²) in [4.78, 5) is 12.9. The molecule has 5 atom stereocenters. The first-order chi connectivity index (χ1) is 12.3. The standard InChI is InChI=1S/C22H40O4Si/c1-15(2)18(13-26-27(8,9)21(3,4)5)17-12-22(6)11-10-16(17)19(20(22)23)25-14-24-7/h10-11,15-19H,12-14H2,1-9H3/t16-,17-,18+,19+,22-/m0/s1. The van der Waals surface area contributed by atoms with Crippen LogP contribution in [0.1, 0.15) is 48.0 Å². The molecule has 0 aromatic heterocycles. The molecule has 1 fully saturated rings. The first-order valence-electron chi connectivity index (χ1n) is 10.3. The van der Waals surface area contributed by atoms with E-state index in [0.29, 0.717) is 17.8 Å². The number of rotatable bonds is 8. The highest BCUT2D eigenvalue weighted by Crippen LogP contribution is 2.51. The van der Waals surface area contributed by atoms with Gasteiger partial charge in [0.2, 0.25) is 0 Å². The lowest BCUT2D eigenvalue weighted by Crippen LogP contribution is -2.56. The summed E-state index contributed by atoms with van der Waals surface area (Å²) in [5, 5.41) is 0.200. The molecule has 3 rings (SSSR count). The van der Waals surface area contributed by atoms with E-state index in [9.17, 15) is 4.79 Å². The molecule has 0 radical (unpaired) electrons. The summed E-state index contributed by atoms with van der Waals surface area (Å²) in [6, 6.07) is 0. The van der Waals surface area contributed by atoms with E-state index in [1.54, 1.807) is 7.11 Å². The highest BCUT2D eigenvalue weighted by Gasteiger charge is 2.54. The van der Waals surface area contributed by atoms with E-state index in [1.807, 2.05) is 0 Å². The third kappa shape index (κ3) is 4.57. The number of carbonyl (C=O) groups is 1. The Balaban J connectivity index is 2.22. The molecule has 0 N–H and O–H groups in total. The largest absolute Gasteiger partial charge is 0.417 e. The molecule has 5 heteroatoms. The Morgan fingerprint density at radius 1 is 1.30 bits per heavy atom. The van der Waals surface area contributed by atoms with Crippen molar-refractivity contribution in [2.24, 2.45) is 29.1 Å².